The maximum Gasteiger partial charge on any atom is 0.387 e. The number of sulfonamides is 1. The molecule has 11 heteroatoms. The van der Waals surface area contributed by atoms with Crippen LogP contribution in [0.2, 0.25) is 0 Å². The Kier molecular flexibility index (Phi) is 8.81. The number of amides is 1. The number of carbonyl (C=O) groups is 1. The van der Waals surface area contributed by atoms with E-state index in [1.807, 2.05) is 6.92 Å². The van der Waals surface area contributed by atoms with Crippen LogP contribution in [0.5, 0.6) is 11.5 Å². The predicted molar refractivity (Wildman–Crippen MR) is 121 cm³/mol. The second kappa shape index (κ2) is 11.6. The fourth-order valence-corrected chi connectivity index (χ4v) is 5.37. The lowest BCUT2D eigenvalue weighted by molar-refractivity contribution is -0.0512. The second-order valence-electron chi connectivity index (χ2n) is 7.56. The van der Waals surface area contributed by atoms with Crippen LogP contribution in [-0.2, 0) is 27.6 Å². The number of carbonyl (C=O) groups excluding carboxylic acids is 1. The van der Waals surface area contributed by atoms with Crippen LogP contribution in [0.25, 0.3) is 0 Å². The molecule has 1 N–H and O–H groups in total. The topological polar surface area (TPSA) is 94.2 Å². The summed E-state index contributed by atoms with van der Waals surface area (Å²) in [6, 6.07) is 9.28. The number of benzene rings is 2. The first-order valence-electron chi connectivity index (χ1n) is 10.9. The van der Waals surface area contributed by atoms with Crippen molar-refractivity contribution in [1.82, 2.24) is 9.62 Å². The third-order valence-corrected chi connectivity index (χ3v) is 7.42. The number of aryl methyl sites for hydroxylation is 1. The molecule has 186 valence electrons. The van der Waals surface area contributed by atoms with Crippen molar-refractivity contribution in [2.24, 2.45) is 0 Å². The van der Waals surface area contributed by atoms with E-state index in [9.17, 15) is 22.0 Å². The summed E-state index contributed by atoms with van der Waals surface area (Å²) in [5.74, 6) is -0.341. The van der Waals surface area contributed by atoms with Crippen LogP contribution >= 0.6 is 0 Å². The van der Waals surface area contributed by atoms with Gasteiger partial charge in [-0.2, -0.15) is 13.1 Å². The fourth-order valence-electron chi connectivity index (χ4n) is 3.64. The molecule has 0 aromatic heterocycles. The number of hydrogen-bond donors (Lipinski definition) is 1. The quantitative estimate of drug-likeness (QED) is 0.542. The average molecular weight is 499 g/mol. The Morgan fingerprint density at radius 2 is 1.88 bits per heavy atom. The molecule has 0 saturated carbocycles. The molecular formula is C23H28F2N2O6S. The number of halogens is 2. The lowest BCUT2D eigenvalue weighted by Gasteiger charge is -2.27. The molecule has 1 aliphatic heterocycles. The molecule has 2 aromatic rings. The van der Waals surface area contributed by atoms with E-state index in [4.69, 9.17) is 9.47 Å². The smallest absolute Gasteiger partial charge is 0.387 e. The molecule has 1 aliphatic rings. The minimum atomic E-state index is -3.76. The highest BCUT2D eigenvalue weighted by atomic mass is 32.2. The molecule has 1 heterocycles. The van der Waals surface area contributed by atoms with Gasteiger partial charge in [-0.3, -0.25) is 4.79 Å². The Bertz CT molecular complexity index is 1100. The van der Waals surface area contributed by atoms with Crippen LogP contribution in [0.4, 0.5) is 8.78 Å². The molecule has 0 unspecified atom stereocenters. The molecule has 0 atom stereocenters. The summed E-state index contributed by atoms with van der Waals surface area (Å²) in [4.78, 5) is 12.8. The second-order valence-corrected chi connectivity index (χ2v) is 9.47. The van der Waals surface area contributed by atoms with Crippen molar-refractivity contribution >= 4 is 15.9 Å². The van der Waals surface area contributed by atoms with Gasteiger partial charge in [0.15, 0.2) is 11.5 Å². The molecule has 34 heavy (non-hydrogen) atoms. The minimum Gasteiger partial charge on any atom is -0.493 e. The highest BCUT2D eigenvalue weighted by molar-refractivity contribution is 7.89. The number of alkyl halides is 2. The zero-order valence-electron chi connectivity index (χ0n) is 19.1. The monoisotopic (exact) mass is 498 g/mol. The van der Waals surface area contributed by atoms with Crippen LogP contribution in [0.15, 0.2) is 41.3 Å². The number of nitrogens with zero attached hydrogens (tertiary/aromatic N) is 1. The largest absolute Gasteiger partial charge is 0.493 e. The zero-order chi connectivity index (χ0) is 24.7. The summed E-state index contributed by atoms with van der Waals surface area (Å²) in [5.41, 5.74) is 1.52. The molecule has 3 rings (SSSR count). The van der Waals surface area contributed by atoms with E-state index in [-0.39, 0.29) is 41.6 Å². The maximum absolute atomic E-state index is 13.2. The van der Waals surface area contributed by atoms with Crippen molar-refractivity contribution < 1.29 is 36.2 Å². The molecule has 2 aromatic carbocycles. The molecule has 0 aliphatic carbocycles. The van der Waals surface area contributed by atoms with E-state index in [2.05, 4.69) is 10.1 Å². The van der Waals surface area contributed by atoms with Gasteiger partial charge in [0.25, 0.3) is 5.91 Å². The minimum absolute atomic E-state index is 0.0885. The van der Waals surface area contributed by atoms with Crippen LogP contribution in [0, 0.1) is 0 Å². The molecule has 0 bridgehead atoms. The van der Waals surface area contributed by atoms with E-state index < -0.39 is 22.5 Å². The van der Waals surface area contributed by atoms with Gasteiger partial charge < -0.3 is 19.5 Å². The maximum atomic E-state index is 13.2. The molecule has 0 radical (unpaired) electrons. The van der Waals surface area contributed by atoms with Crippen LogP contribution in [0.1, 0.15) is 28.4 Å². The lowest BCUT2D eigenvalue weighted by Crippen LogP contribution is -2.41. The standard InChI is InChI=1S/C23H28F2N2O6S/c1-3-17-5-6-18(15-21(17)34(29,30)27-10-12-32-13-11-27)22(28)26-9-8-16-4-7-19(31-2)20(14-16)33-23(24)25/h4-7,14-15,23H,3,8-13H2,1-2H3,(H,26,28). The molecule has 1 fully saturated rings. The van der Waals surface area contributed by atoms with Crippen molar-refractivity contribution in [3.63, 3.8) is 0 Å². The van der Waals surface area contributed by atoms with Crippen LogP contribution in [0.3, 0.4) is 0 Å². The van der Waals surface area contributed by atoms with Gasteiger partial charge in [0, 0.05) is 25.2 Å². The summed E-state index contributed by atoms with van der Waals surface area (Å²) in [6.07, 6.45) is 0.850. The summed E-state index contributed by atoms with van der Waals surface area (Å²) in [5, 5.41) is 2.74. The summed E-state index contributed by atoms with van der Waals surface area (Å²) in [7, 11) is -2.41. The van der Waals surface area contributed by atoms with Crippen molar-refractivity contribution in [3.8, 4) is 11.5 Å². The van der Waals surface area contributed by atoms with Crippen LogP contribution < -0.4 is 14.8 Å². The SMILES string of the molecule is CCc1ccc(C(=O)NCCc2ccc(OC)c(OC(F)F)c2)cc1S(=O)(=O)N1CCOCC1. The van der Waals surface area contributed by atoms with E-state index in [0.717, 1.165) is 0 Å². The molecule has 1 amide bonds. The Hall–Kier alpha value is -2.76. The van der Waals surface area contributed by atoms with Gasteiger partial charge in [-0.05, 0) is 48.2 Å². The summed E-state index contributed by atoms with van der Waals surface area (Å²) in [6.45, 7) is 0.265. The number of hydrogen-bond acceptors (Lipinski definition) is 6. The van der Waals surface area contributed by atoms with E-state index >= 15 is 0 Å². The predicted octanol–water partition coefficient (Wildman–Crippen LogP) is 2.85. The van der Waals surface area contributed by atoms with E-state index in [1.165, 1.54) is 29.6 Å². The summed E-state index contributed by atoms with van der Waals surface area (Å²) >= 11 is 0. The van der Waals surface area contributed by atoms with Gasteiger partial charge in [0.2, 0.25) is 10.0 Å². The van der Waals surface area contributed by atoms with Gasteiger partial charge in [-0.1, -0.05) is 19.1 Å². The highest BCUT2D eigenvalue weighted by Crippen LogP contribution is 2.29. The highest BCUT2D eigenvalue weighted by Gasteiger charge is 2.29. The van der Waals surface area contributed by atoms with Crippen molar-refractivity contribution in [2.45, 2.75) is 31.3 Å². The first kappa shape index (κ1) is 25.9. The Balaban J connectivity index is 1.70. The number of methoxy groups -OCH3 is 1. The van der Waals surface area contributed by atoms with Crippen LogP contribution in [-0.4, -0.2) is 65.2 Å². The first-order valence-corrected chi connectivity index (χ1v) is 12.3. The number of morpholine rings is 1. The Morgan fingerprint density at radius 3 is 2.53 bits per heavy atom. The van der Waals surface area contributed by atoms with Crippen molar-refractivity contribution in [2.75, 3.05) is 40.0 Å². The zero-order valence-corrected chi connectivity index (χ0v) is 19.9. The average Bonchev–Trinajstić information content (AvgIpc) is 2.84. The number of nitrogens with one attached hydrogen (secondary N) is 1. The third kappa shape index (κ3) is 6.22. The van der Waals surface area contributed by atoms with E-state index in [0.29, 0.717) is 37.2 Å². The van der Waals surface area contributed by atoms with Crippen molar-refractivity contribution in [3.05, 3.63) is 53.1 Å². The summed E-state index contributed by atoms with van der Waals surface area (Å²) < 4.78 is 67.7. The Morgan fingerprint density at radius 1 is 1.15 bits per heavy atom. The van der Waals surface area contributed by atoms with Gasteiger partial charge in [-0.25, -0.2) is 8.42 Å². The van der Waals surface area contributed by atoms with Gasteiger partial charge in [-0.15, -0.1) is 0 Å². The number of ether oxygens (including phenoxy) is 3. The number of rotatable bonds is 10. The molecular weight excluding hydrogens is 470 g/mol. The third-order valence-electron chi connectivity index (χ3n) is 5.44. The lowest BCUT2D eigenvalue weighted by atomic mass is 10.1. The molecule has 8 nitrogen and oxygen atoms in total. The van der Waals surface area contributed by atoms with Gasteiger partial charge in [0.1, 0.15) is 0 Å². The molecule has 1 saturated heterocycles. The molecule has 0 spiro atoms. The van der Waals surface area contributed by atoms with E-state index in [1.54, 1.807) is 18.2 Å². The normalized spacial score (nSPS) is 14.7. The van der Waals surface area contributed by atoms with Gasteiger partial charge in [0.05, 0.1) is 25.2 Å². The fraction of sp³-hybridized carbons (Fsp3) is 0.435. The van der Waals surface area contributed by atoms with Crippen molar-refractivity contribution in [1.29, 1.82) is 0 Å². The first-order chi connectivity index (χ1) is 16.3. The Labute approximate surface area is 197 Å². The van der Waals surface area contributed by atoms with Gasteiger partial charge >= 0.3 is 6.61 Å².